The standard InChI is InChI=1S/C16H27N3/c1-5-13-10-15(18-11-17-13)19-14-8-6-12(7-9-14)16(2,3)4/h10-12,14H,5-9H2,1-4H3,(H,17,18,19). The van der Waals surface area contributed by atoms with Gasteiger partial charge in [0.05, 0.1) is 0 Å². The van der Waals surface area contributed by atoms with Gasteiger partial charge in [0, 0.05) is 17.8 Å². The van der Waals surface area contributed by atoms with E-state index >= 15 is 0 Å². The molecule has 19 heavy (non-hydrogen) atoms. The zero-order valence-corrected chi connectivity index (χ0v) is 12.7. The SMILES string of the molecule is CCc1cc(NC2CCC(C(C)(C)C)CC2)ncn1. The van der Waals surface area contributed by atoms with Gasteiger partial charge in [-0.05, 0) is 43.4 Å². The summed E-state index contributed by atoms with van der Waals surface area (Å²) in [4.78, 5) is 8.57. The molecule has 0 saturated heterocycles. The average Bonchev–Trinajstić information content (AvgIpc) is 2.38. The highest BCUT2D eigenvalue weighted by Crippen LogP contribution is 2.38. The molecule has 0 aliphatic heterocycles. The van der Waals surface area contributed by atoms with Gasteiger partial charge in [0.2, 0.25) is 0 Å². The van der Waals surface area contributed by atoms with Crippen LogP contribution in [0.25, 0.3) is 0 Å². The van der Waals surface area contributed by atoms with Gasteiger partial charge in [-0.3, -0.25) is 0 Å². The van der Waals surface area contributed by atoms with Crippen molar-refractivity contribution in [1.82, 2.24) is 9.97 Å². The maximum absolute atomic E-state index is 4.33. The summed E-state index contributed by atoms with van der Waals surface area (Å²) in [6, 6.07) is 2.66. The lowest BCUT2D eigenvalue weighted by atomic mass is 9.71. The molecule has 1 aliphatic rings. The highest BCUT2D eigenvalue weighted by atomic mass is 15.0. The number of aryl methyl sites for hydroxylation is 1. The number of hydrogen-bond acceptors (Lipinski definition) is 3. The first-order valence-electron chi connectivity index (χ1n) is 7.56. The Morgan fingerprint density at radius 2 is 1.84 bits per heavy atom. The summed E-state index contributed by atoms with van der Waals surface area (Å²) in [5.74, 6) is 1.85. The lowest BCUT2D eigenvalue weighted by Gasteiger charge is -2.37. The first-order valence-corrected chi connectivity index (χ1v) is 7.56. The van der Waals surface area contributed by atoms with E-state index in [2.05, 4.69) is 49.0 Å². The third kappa shape index (κ3) is 3.92. The molecule has 1 N–H and O–H groups in total. The molecule has 1 saturated carbocycles. The Kier molecular flexibility index (Phi) is 4.43. The minimum absolute atomic E-state index is 0.454. The first kappa shape index (κ1) is 14.3. The van der Waals surface area contributed by atoms with E-state index in [9.17, 15) is 0 Å². The summed E-state index contributed by atoms with van der Waals surface area (Å²) in [6.45, 7) is 9.22. The molecule has 106 valence electrons. The largest absolute Gasteiger partial charge is 0.367 e. The molecule has 3 nitrogen and oxygen atoms in total. The molecular formula is C16H27N3. The van der Waals surface area contributed by atoms with Crippen molar-refractivity contribution in [3.05, 3.63) is 18.1 Å². The predicted molar refractivity (Wildman–Crippen MR) is 80.2 cm³/mol. The second-order valence-corrected chi connectivity index (χ2v) is 6.81. The monoisotopic (exact) mass is 261 g/mol. The summed E-state index contributed by atoms with van der Waals surface area (Å²) >= 11 is 0. The average molecular weight is 261 g/mol. The van der Waals surface area contributed by atoms with Crippen LogP contribution in [-0.4, -0.2) is 16.0 Å². The van der Waals surface area contributed by atoms with E-state index in [-0.39, 0.29) is 0 Å². The molecule has 0 unspecified atom stereocenters. The van der Waals surface area contributed by atoms with Gasteiger partial charge in [-0.25, -0.2) is 9.97 Å². The van der Waals surface area contributed by atoms with Crippen molar-refractivity contribution in [2.45, 2.75) is 65.8 Å². The van der Waals surface area contributed by atoms with Crippen molar-refractivity contribution < 1.29 is 0 Å². The Morgan fingerprint density at radius 3 is 2.42 bits per heavy atom. The van der Waals surface area contributed by atoms with Gasteiger partial charge in [0.1, 0.15) is 12.1 Å². The van der Waals surface area contributed by atoms with Crippen LogP contribution >= 0.6 is 0 Å². The molecule has 0 spiro atoms. The van der Waals surface area contributed by atoms with Crippen LogP contribution in [0, 0.1) is 11.3 Å². The molecule has 2 rings (SSSR count). The fourth-order valence-electron chi connectivity index (χ4n) is 2.98. The predicted octanol–water partition coefficient (Wildman–Crippen LogP) is 4.06. The third-order valence-corrected chi connectivity index (χ3v) is 4.39. The van der Waals surface area contributed by atoms with Gasteiger partial charge in [0.15, 0.2) is 0 Å². The Morgan fingerprint density at radius 1 is 1.16 bits per heavy atom. The van der Waals surface area contributed by atoms with Gasteiger partial charge >= 0.3 is 0 Å². The molecule has 1 aromatic rings. The lowest BCUT2D eigenvalue weighted by Crippen LogP contribution is -2.31. The third-order valence-electron chi connectivity index (χ3n) is 4.39. The molecule has 1 aromatic heterocycles. The maximum atomic E-state index is 4.33. The van der Waals surface area contributed by atoms with Crippen LogP contribution in [0.1, 0.15) is 59.1 Å². The first-order chi connectivity index (χ1) is 8.99. The smallest absolute Gasteiger partial charge is 0.129 e. The highest BCUT2D eigenvalue weighted by molar-refractivity contribution is 5.36. The molecule has 0 aromatic carbocycles. The fraction of sp³-hybridized carbons (Fsp3) is 0.750. The van der Waals surface area contributed by atoms with Gasteiger partial charge in [0.25, 0.3) is 0 Å². The van der Waals surface area contributed by atoms with E-state index in [1.165, 1.54) is 25.7 Å². The summed E-state index contributed by atoms with van der Waals surface area (Å²) in [5, 5.41) is 3.58. The molecule has 1 fully saturated rings. The number of anilines is 1. The Hall–Kier alpha value is -1.12. The summed E-state index contributed by atoms with van der Waals surface area (Å²) in [5.41, 5.74) is 1.57. The lowest BCUT2D eigenvalue weighted by molar-refractivity contribution is 0.173. The normalized spacial score (nSPS) is 24.2. The van der Waals surface area contributed by atoms with Crippen molar-refractivity contribution in [2.75, 3.05) is 5.32 Å². The number of nitrogens with one attached hydrogen (secondary N) is 1. The number of aromatic nitrogens is 2. The molecule has 0 bridgehead atoms. The summed E-state index contributed by atoms with van der Waals surface area (Å²) in [7, 11) is 0. The van der Waals surface area contributed by atoms with Crippen LogP contribution in [0.15, 0.2) is 12.4 Å². The molecule has 1 heterocycles. The van der Waals surface area contributed by atoms with Gasteiger partial charge in [-0.1, -0.05) is 27.7 Å². The van der Waals surface area contributed by atoms with E-state index in [0.29, 0.717) is 11.5 Å². The number of nitrogens with zero attached hydrogens (tertiary/aromatic N) is 2. The summed E-state index contributed by atoms with van der Waals surface area (Å²) < 4.78 is 0. The van der Waals surface area contributed by atoms with E-state index in [1.54, 1.807) is 6.33 Å². The molecule has 1 aliphatic carbocycles. The zero-order valence-electron chi connectivity index (χ0n) is 12.7. The van der Waals surface area contributed by atoms with E-state index in [1.807, 2.05) is 0 Å². The minimum atomic E-state index is 0.454. The van der Waals surface area contributed by atoms with Crippen LogP contribution in [0.3, 0.4) is 0 Å². The minimum Gasteiger partial charge on any atom is -0.367 e. The maximum Gasteiger partial charge on any atom is 0.129 e. The van der Waals surface area contributed by atoms with E-state index < -0.39 is 0 Å². The van der Waals surface area contributed by atoms with E-state index in [4.69, 9.17) is 0 Å². The van der Waals surface area contributed by atoms with Crippen molar-refractivity contribution in [3.8, 4) is 0 Å². The Labute approximate surface area is 117 Å². The van der Waals surface area contributed by atoms with Gasteiger partial charge in [-0.15, -0.1) is 0 Å². The molecule has 0 radical (unpaired) electrons. The van der Waals surface area contributed by atoms with Crippen LogP contribution in [0.5, 0.6) is 0 Å². The Bertz CT molecular complexity index is 401. The van der Waals surface area contributed by atoms with E-state index in [0.717, 1.165) is 23.9 Å². The molecule has 3 heteroatoms. The van der Waals surface area contributed by atoms with Crippen LogP contribution < -0.4 is 5.32 Å². The van der Waals surface area contributed by atoms with Crippen LogP contribution in [0.2, 0.25) is 0 Å². The number of hydrogen-bond donors (Lipinski definition) is 1. The topological polar surface area (TPSA) is 37.8 Å². The second-order valence-electron chi connectivity index (χ2n) is 6.81. The van der Waals surface area contributed by atoms with Crippen LogP contribution in [-0.2, 0) is 6.42 Å². The Balaban J connectivity index is 1.88. The summed E-state index contributed by atoms with van der Waals surface area (Å²) in [6.07, 6.45) is 7.80. The highest BCUT2D eigenvalue weighted by Gasteiger charge is 2.29. The van der Waals surface area contributed by atoms with Crippen molar-refractivity contribution in [1.29, 1.82) is 0 Å². The molecular weight excluding hydrogens is 234 g/mol. The fourth-order valence-corrected chi connectivity index (χ4v) is 2.98. The van der Waals surface area contributed by atoms with Crippen molar-refractivity contribution >= 4 is 5.82 Å². The zero-order chi connectivity index (χ0) is 13.9. The quantitative estimate of drug-likeness (QED) is 0.891. The van der Waals surface area contributed by atoms with Crippen molar-refractivity contribution in [2.24, 2.45) is 11.3 Å². The van der Waals surface area contributed by atoms with Gasteiger partial charge < -0.3 is 5.32 Å². The molecule has 0 atom stereocenters. The molecule has 0 amide bonds. The number of rotatable bonds is 3. The van der Waals surface area contributed by atoms with Crippen LogP contribution in [0.4, 0.5) is 5.82 Å². The van der Waals surface area contributed by atoms with Crippen molar-refractivity contribution in [3.63, 3.8) is 0 Å². The second kappa shape index (κ2) is 5.89. The van der Waals surface area contributed by atoms with Gasteiger partial charge in [-0.2, -0.15) is 0 Å².